The highest BCUT2D eigenvalue weighted by atomic mass is 32.1. The lowest BCUT2D eigenvalue weighted by atomic mass is 10.1. The maximum Gasteiger partial charge on any atom is 0.198 e. The standard InChI is InChI=1S/C15H19N5S/c16-13(19-9-5-2-6-10-19)11-14-17-18-15(21)20(14)12-7-3-1-4-8-12/h1,3-4,7-8,11,16-17H,2,5-6,9-10H2,(H,18,21)/b14-11+,16-13?. The van der Waals surface area contributed by atoms with Gasteiger partial charge >= 0.3 is 0 Å². The Bertz CT molecular complexity index is 563. The second-order valence-electron chi connectivity index (χ2n) is 5.19. The summed E-state index contributed by atoms with van der Waals surface area (Å²) in [5, 5.41) is 8.87. The van der Waals surface area contributed by atoms with Gasteiger partial charge in [0.1, 0.15) is 11.7 Å². The van der Waals surface area contributed by atoms with Gasteiger partial charge in [-0.1, -0.05) is 18.2 Å². The second kappa shape index (κ2) is 6.13. The molecule has 2 saturated heterocycles. The molecule has 5 nitrogen and oxygen atoms in total. The number of benzene rings is 1. The molecule has 0 amide bonds. The molecule has 2 aliphatic heterocycles. The number of likely N-dealkylation sites (tertiary alicyclic amines) is 1. The van der Waals surface area contributed by atoms with Crippen LogP contribution in [0.25, 0.3) is 0 Å². The highest BCUT2D eigenvalue weighted by molar-refractivity contribution is 7.80. The van der Waals surface area contributed by atoms with E-state index in [1.165, 1.54) is 6.42 Å². The topological polar surface area (TPSA) is 54.4 Å². The summed E-state index contributed by atoms with van der Waals surface area (Å²) in [6, 6.07) is 9.93. The molecule has 0 spiro atoms. The van der Waals surface area contributed by atoms with Gasteiger partial charge in [0, 0.05) is 24.9 Å². The van der Waals surface area contributed by atoms with Crippen LogP contribution in [0.5, 0.6) is 0 Å². The summed E-state index contributed by atoms with van der Waals surface area (Å²) in [6.07, 6.45) is 5.43. The molecule has 2 aliphatic rings. The van der Waals surface area contributed by atoms with Crippen molar-refractivity contribution in [3.05, 3.63) is 42.2 Å². The summed E-state index contributed by atoms with van der Waals surface area (Å²) >= 11 is 5.34. The highest BCUT2D eigenvalue weighted by Gasteiger charge is 2.24. The number of rotatable bonds is 2. The summed E-state index contributed by atoms with van der Waals surface area (Å²) < 4.78 is 0. The van der Waals surface area contributed by atoms with Crippen molar-refractivity contribution in [3.8, 4) is 0 Å². The predicted molar refractivity (Wildman–Crippen MR) is 89.0 cm³/mol. The third-order valence-corrected chi connectivity index (χ3v) is 4.01. The van der Waals surface area contributed by atoms with Crippen molar-refractivity contribution in [1.82, 2.24) is 15.8 Å². The molecule has 0 bridgehead atoms. The number of anilines is 1. The Labute approximate surface area is 130 Å². The molecular weight excluding hydrogens is 282 g/mol. The smallest absolute Gasteiger partial charge is 0.198 e. The first-order valence-corrected chi connectivity index (χ1v) is 7.63. The number of thiocarbonyl (C=S) groups is 1. The fourth-order valence-electron chi connectivity index (χ4n) is 2.63. The molecule has 0 saturated carbocycles. The lowest BCUT2D eigenvalue weighted by Gasteiger charge is -2.28. The summed E-state index contributed by atoms with van der Waals surface area (Å²) in [6.45, 7) is 1.93. The van der Waals surface area contributed by atoms with Gasteiger partial charge in [0.25, 0.3) is 0 Å². The van der Waals surface area contributed by atoms with Crippen LogP contribution >= 0.6 is 12.2 Å². The summed E-state index contributed by atoms with van der Waals surface area (Å²) in [7, 11) is 0. The van der Waals surface area contributed by atoms with Crippen molar-refractivity contribution in [1.29, 1.82) is 5.41 Å². The Hall–Kier alpha value is -2.08. The molecule has 6 heteroatoms. The molecule has 1 aromatic rings. The van der Waals surface area contributed by atoms with Gasteiger partial charge in [-0.05, 0) is 43.6 Å². The maximum absolute atomic E-state index is 8.28. The minimum Gasteiger partial charge on any atom is -0.357 e. The van der Waals surface area contributed by atoms with E-state index in [2.05, 4.69) is 15.8 Å². The molecule has 21 heavy (non-hydrogen) atoms. The zero-order valence-corrected chi connectivity index (χ0v) is 12.6. The monoisotopic (exact) mass is 301 g/mol. The SMILES string of the molecule is N=C(/C=C1\NNC(=S)N1c1ccccc1)N1CCCCC1. The third kappa shape index (κ3) is 3.00. The average molecular weight is 301 g/mol. The van der Waals surface area contributed by atoms with Crippen molar-refractivity contribution < 1.29 is 0 Å². The number of hydrogen-bond acceptors (Lipinski definition) is 3. The quantitative estimate of drug-likeness (QED) is 0.444. The molecule has 0 aromatic heterocycles. The van der Waals surface area contributed by atoms with Crippen molar-refractivity contribution in [2.75, 3.05) is 18.0 Å². The number of nitrogens with one attached hydrogen (secondary N) is 3. The fraction of sp³-hybridized carbons (Fsp3) is 0.333. The summed E-state index contributed by atoms with van der Waals surface area (Å²) in [4.78, 5) is 4.02. The molecule has 3 rings (SSSR count). The Balaban J connectivity index is 1.81. The molecule has 3 N–H and O–H groups in total. The van der Waals surface area contributed by atoms with Crippen molar-refractivity contribution in [3.63, 3.8) is 0 Å². The number of hydrogen-bond donors (Lipinski definition) is 3. The number of nitrogens with zero attached hydrogens (tertiary/aromatic N) is 2. The van der Waals surface area contributed by atoms with Crippen LogP contribution in [0.15, 0.2) is 42.2 Å². The van der Waals surface area contributed by atoms with E-state index in [9.17, 15) is 0 Å². The number of piperidine rings is 1. The number of para-hydroxylation sites is 1. The maximum atomic E-state index is 8.28. The van der Waals surface area contributed by atoms with Crippen LogP contribution < -0.4 is 15.8 Å². The second-order valence-corrected chi connectivity index (χ2v) is 5.58. The Morgan fingerprint density at radius 2 is 1.81 bits per heavy atom. The van der Waals surface area contributed by atoms with Gasteiger partial charge in [0.15, 0.2) is 5.11 Å². The lowest BCUT2D eigenvalue weighted by molar-refractivity contribution is 0.342. The normalized spacial score (nSPS) is 20.4. The first kappa shape index (κ1) is 13.9. The number of amidine groups is 1. The first-order chi connectivity index (χ1) is 10.3. The lowest BCUT2D eigenvalue weighted by Crippen LogP contribution is -2.35. The molecular formula is C15H19N5S. The first-order valence-electron chi connectivity index (χ1n) is 7.22. The van der Waals surface area contributed by atoms with E-state index >= 15 is 0 Å². The molecule has 0 atom stereocenters. The van der Waals surface area contributed by atoms with Gasteiger partial charge in [0.05, 0.1) is 0 Å². The minimum atomic E-state index is 0.532. The van der Waals surface area contributed by atoms with E-state index < -0.39 is 0 Å². The van der Waals surface area contributed by atoms with Crippen LogP contribution in [0.3, 0.4) is 0 Å². The number of hydrazine groups is 1. The largest absolute Gasteiger partial charge is 0.357 e. The van der Waals surface area contributed by atoms with E-state index in [1.807, 2.05) is 41.3 Å². The summed E-state index contributed by atoms with van der Waals surface area (Å²) in [5.41, 5.74) is 6.99. The Morgan fingerprint density at radius 3 is 2.52 bits per heavy atom. The van der Waals surface area contributed by atoms with Gasteiger partial charge in [0.2, 0.25) is 0 Å². The van der Waals surface area contributed by atoms with Crippen molar-refractivity contribution in [2.45, 2.75) is 19.3 Å². The zero-order chi connectivity index (χ0) is 14.7. The van der Waals surface area contributed by atoms with Crippen LogP contribution in [0.4, 0.5) is 5.69 Å². The highest BCUT2D eigenvalue weighted by Crippen LogP contribution is 2.21. The van der Waals surface area contributed by atoms with Gasteiger partial charge in [-0.3, -0.25) is 21.2 Å². The van der Waals surface area contributed by atoms with Gasteiger partial charge in [-0.15, -0.1) is 0 Å². The van der Waals surface area contributed by atoms with Crippen molar-refractivity contribution in [2.24, 2.45) is 0 Å². The zero-order valence-electron chi connectivity index (χ0n) is 11.8. The molecule has 2 heterocycles. The molecule has 0 unspecified atom stereocenters. The van der Waals surface area contributed by atoms with E-state index in [0.717, 1.165) is 37.4 Å². The van der Waals surface area contributed by atoms with Crippen LogP contribution in [0.2, 0.25) is 0 Å². The van der Waals surface area contributed by atoms with E-state index in [-0.39, 0.29) is 0 Å². The van der Waals surface area contributed by atoms with Crippen LogP contribution in [0, 0.1) is 5.41 Å². The van der Waals surface area contributed by atoms with Crippen LogP contribution in [-0.4, -0.2) is 28.9 Å². The van der Waals surface area contributed by atoms with Gasteiger partial charge in [-0.2, -0.15) is 0 Å². The Kier molecular flexibility index (Phi) is 4.06. The minimum absolute atomic E-state index is 0.532. The molecule has 0 aliphatic carbocycles. The van der Waals surface area contributed by atoms with Gasteiger partial charge < -0.3 is 4.90 Å². The summed E-state index contributed by atoms with van der Waals surface area (Å²) in [5.74, 6) is 1.33. The van der Waals surface area contributed by atoms with Gasteiger partial charge in [-0.25, -0.2) is 0 Å². The fourth-order valence-corrected chi connectivity index (χ4v) is 2.88. The average Bonchev–Trinajstić information content (AvgIpc) is 2.89. The van der Waals surface area contributed by atoms with E-state index in [1.54, 1.807) is 0 Å². The Morgan fingerprint density at radius 1 is 1.10 bits per heavy atom. The molecule has 110 valence electrons. The van der Waals surface area contributed by atoms with Crippen molar-refractivity contribution >= 4 is 28.9 Å². The molecule has 2 fully saturated rings. The van der Waals surface area contributed by atoms with E-state index in [4.69, 9.17) is 17.6 Å². The van der Waals surface area contributed by atoms with E-state index in [0.29, 0.717) is 10.9 Å². The van der Waals surface area contributed by atoms with Crippen LogP contribution in [0.1, 0.15) is 19.3 Å². The third-order valence-electron chi connectivity index (χ3n) is 3.73. The predicted octanol–water partition coefficient (Wildman–Crippen LogP) is 2.19. The molecule has 1 aromatic carbocycles. The molecule has 0 radical (unpaired) electrons. The van der Waals surface area contributed by atoms with Crippen LogP contribution in [-0.2, 0) is 0 Å².